The van der Waals surface area contributed by atoms with Gasteiger partial charge >= 0.3 is 5.69 Å². The average Bonchev–Trinajstić information content (AvgIpc) is 2.75. The van der Waals surface area contributed by atoms with Crippen LogP contribution in [0.1, 0.15) is 11.4 Å². The van der Waals surface area contributed by atoms with Crippen molar-refractivity contribution in [2.24, 2.45) is 0 Å². The summed E-state index contributed by atoms with van der Waals surface area (Å²) in [5, 5.41) is 26.5. The SMILES string of the molecule is O=[N+]([O-])c1cn[nH]c1Cc1cn[nH]n1. The average molecular weight is 194 g/mol. The van der Waals surface area contributed by atoms with Crippen molar-refractivity contribution in [3.63, 3.8) is 0 Å². The van der Waals surface area contributed by atoms with Crippen molar-refractivity contribution in [1.29, 1.82) is 0 Å². The molecule has 2 rings (SSSR count). The molecule has 0 fully saturated rings. The standard InChI is InChI=1S/C6H6N6O2/c13-12(14)6-3-7-10-5(6)1-4-2-8-11-9-4/h2-3H,1H2,(H,7,10)(H,8,9,11). The maximum atomic E-state index is 10.5. The second-order valence-electron chi connectivity index (χ2n) is 2.63. The summed E-state index contributed by atoms with van der Waals surface area (Å²) in [6.07, 6.45) is 2.99. The van der Waals surface area contributed by atoms with E-state index in [2.05, 4.69) is 25.6 Å². The van der Waals surface area contributed by atoms with Crippen LogP contribution in [0.15, 0.2) is 12.4 Å². The molecular weight excluding hydrogens is 188 g/mol. The van der Waals surface area contributed by atoms with Gasteiger partial charge in [-0.1, -0.05) is 0 Å². The lowest BCUT2D eigenvalue weighted by Crippen LogP contribution is -1.95. The van der Waals surface area contributed by atoms with Crippen molar-refractivity contribution in [2.45, 2.75) is 6.42 Å². The van der Waals surface area contributed by atoms with Crippen molar-refractivity contribution in [3.05, 3.63) is 33.9 Å². The van der Waals surface area contributed by atoms with Crippen molar-refractivity contribution >= 4 is 5.69 Å². The lowest BCUT2D eigenvalue weighted by molar-refractivity contribution is -0.385. The molecule has 0 aliphatic heterocycles. The number of hydrogen-bond donors (Lipinski definition) is 2. The van der Waals surface area contributed by atoms with Crippen LogP contribution in [0.4, 0.5) is 5.69 Å². The second kappa shape index (κ2) is 3.24. The third kappa shape index (κ3) is 1.44. The van der Waals surface area contributed by atoms with E-state index < -0.39 is 4.92 Å². The predicted octanol–water partition coefficient (Wildman–Crippen LogP) is 0.0268. The molecule has 72 valence electrons. The lowest BCUT2D eigenvalue weighted by Gasteiger charge is -1.91. The molecule has 0 unspecified atom stereocenters. The zero-order valence-corrected chi connectivity index (χ0v) is 6.97. The minimum atomic E-state index is -0.487. The molecule has 0 amide bonds. The molecule has 0 radical (unpaired) electrons. The Morgan fingerprint density at radius 1 is 1.43 bits per heavy atom. The Hall–Kier alpha value is -2.25. The molecule has 0 aliphatic rings. The molecule has 2 aromatic rings. The van der Waals surface area contributed by atoms with Gasteiger partial charge in [0.15, 0.2) is 0 Å². The van der Waals surface area contributed by atoms with Crippen LogP contribution in [0, 0.1) is 10.1 Å². The highest BCUT2D eigenvalue weighted by Gasteiger charge is 2.16. The lowest BCUT2D eigenvalue weighted by atomic mass is 10.2. The quantitative estimate of drug-likeness (QED) is 0.528. The summed E-state index contributed by atoms with van der Waals surface area (Å²) in [7, 11) is 0. The Bertz CT molecular complexity index is 433. The smallest absolute Gasteiger partial charge is 0.275 e. The zero-order chi connectivity index (χ0) is 9.97. The van der Waals surface area contributed by atoms with Crippen LogP contribution in [0.5, 0.6) is 0 Å². The fraction of sp³-hybridized carbons (Fsp3) is 0.167. The largest absolute Gasteiger partial charge is 0.310 e. The second-order valence-corrected chi connectivity index (χ2v) is 2.63. The molecule has 8 heteroatoms. The Kier molecular flexibility index (Phi) is 1.94. The molecule has 0 spiro atoms. The van der Waals surface area contributed by atoms with E-state index in [9.17, 15) is 10.1 Å². The molecule has 0 bridgehead atoms. The molecule has 14 heavy (non-hydrogen) atoms. The van der Waals surface area contributed by atoms with E-state index in [1.54, 1.807) is 0 Å². The third-order valence-electron chi connectivity index (χ3n) is 1.72. The molecule has 2 aromatic heterocycles. The van der Waals surface area contributed by atoms with Gasteiger partial charge in [0.2, 0.25) is 0 Å². The van der Waals surface area contributed by atoms with E-state index >= 15 is 0 Å². The van der Waals surface area contributed by atoms with Crippen LogP contribution >= 0.6 is 0 Å². The van der Waals surface area contributed by atoms with E-state index in [0.717, 1.165) is 0 Å². The Morgan fingerprint density at radius 3 is 2.93 bits per heavy atom. The zero-order valence-electron chi connectivity index (χ0n) is 6.97. The van der Waals surface area contributed by atoms with Crippen LogP contribution < -0.4 is 0 Å². The maximum absolute atomic E-state index is 10.5. The summed E-state index contributed by atoms with van der Waals surface area (Å²) in [6.45, 7) is 0. The molecular formula is C6H6N6O2. The highest BCUT2D eigenvalue weighted by molar-refractivity contribution is 5.34. The van der Waals surface area contributed by atoms with E-state index in [1.807, 2.05) is 0 Å². The summed E-state index contributed by atoms with van der Waals surface area (Å²) in [5.74, 6) is 0. The van der Waals surface area contributed by atoms with Gasteiger partial charge in [0.05, 0.1) is 16.8 Å². The number of aromatic nitrogens is 5. The van der Waals surface area contributed by atoms with Crippen LogP contribution in [0.2, 0.25) is 0 Å². The van der Waals surface area contributed by atoms with Gasteiger partial charge in [-0.2, -0.15) is 20.5 Å². The molecule has 0 aromatic carbocycles. The molecule has 2 heterocycles. The van der Waals surface area contributed by atoms with Crippen molar-refractivity contribution in [3.8, 4) is 0 Å². The number of nitro groups is 1. The number of H-pyrrole nitrogens is 2. The molecule has 0 atom stereocenters. The number of nitrogens with one attached hydrogen (secondary N) is 2. The van der Waals surface area contributed by atoms with Crippen LogP contribution in [-0.2, 0) is 6.42 Å². The number of aromatic amines is 2. The van der Waals surface area contributed by atoms with Gasteiger partial charge in [-0.25, -0.2) is 0 Å². The predicted molar refractivity (Wildman–Crippen MR) is 44.4 cm³/mol. The first-order valence-corrected chi connectivity index (χ1v) is 3.78. The van der Waals surface area contributed by atoms with Crippen LogP contribution in [-0.4, -0.2) is 30.5 Å². The Labute approximate surface area is 77.5 Å². The van der Waals surface area contributed by atoms with Gasteiger partial charge in [0.1, 0.15) is 11.9 Å². The van der Waals surface area contributed by atoms with Gasteiger partial charge in [-0.15, -0.1) is 0 Å². The fourth-order valence-corrected chi connectivity index (χ4v) is 1.09. The Balaban J connectivity index is 2.25. The van der Waals surface area contributed by atoms with Crippen molar-refractivity contribution < 1.29 is 4.92 Å². The first kappa shape index (κ1) is 8.35. The highest BCUT2D eigenvalue weighted by Crippen LogP contribution is 2.16. The number of hydrogen-bond acceptors (Lipinski definition) is 5. The van der Waals surface area contributed by atoms with Gasteiger partial charge in [-0.3, -0.25) is 15.2 Å². The van der Waals surface area contributed by atoms with Crippen molar-refractivity contribution in [1.82, 2.24) is 25.6 Å². The van der Waals surface area contributed by atoms with Gasteiger partial charge in [-0.05, 0) is 0 Å². The van der Waals surface area contributed by atoms with E-state index in [0.29, 0.717) is 17.8 Å². The summed E-state index contributed by atoms with van der Waals surface area (Å²) in [4.78, 5) is 10.0. The maximum Gasteiger partial charge on any atom is 0.310 e. The van der Waals surface area contributed by atoms with Gasteiger partial charge in [0, 0.05) is 6.42 Å². The summed E-state index contributed by atoms with van der Waals surface area (Å²) in [6, 6.07) is 0. The van der Waals surface area contributed by atoms with E-state index in [4.69, 9.17) is 0 Å². The van der Waals surface area contributed by atoms with Crippen molar-refractivity contribution in [2.75, 3.05) is 0 Å². The van der Waals surface area contributed by atoms with E-state index in [1.165, 1.54) is 12.4 Å². The molecule has 0 saturated heterocycles. The minimum Gasteiger partial charge on any atom is -0.275 e. The number of rotatable bonds is 3. The first-order valence-electron chi connectivity index (χ1n) is 3.78. The first-order chi connectivity index (χ1) is 6.77. The number of nitrogens with zero attached hydrogens (tertiary/aromatic N) is 4. The Morgan fingerprint density at radius 2 is 2.29 bits per heavy atom. The molecule has 0 saturated carbocycles. The molecule has 8 nitrogen and oxygen atoms in total. The summed E-state index contributed by atoms with van der Waals surface area (Å²) >= 11 is 0. The summed E-state index contributed by atoms with van der Waals surface area (Å²) < 4.78 is 0. The fourth-order valence-electron chi connectivity index (χ4n) is 1.09. The molecule has 2 N–H and O–H groups in total. The monoisotopic (exact) mass is 194 g/mol. The van der Waals surface area contributed by atoms with Gasteiger partial charge in [0.25, 0.3) is 0 Å². The third-order valence-corrected chi connectivity index (χ3v) is 1.72. The van der Waals surface area contributed by atoms with Gasteiger partial charge < -0.3 is 0 Å². The normalized spacial score (nSPS) is 10.3. The minimum absolute atomic E-state index is 0.0343. The van der Waals surface area contributed by atoms with Crippen LogP contribution in [0.25, 0.3) is 0 Å². The highest BCUT2D eigenvalue weighted by atomic mass is 16.6. The van der Waals surface area contributed by atoms with E-state index in [-0.39, 0.29) is 5.69 Å². The van der Waals surface area contributed by atoms with Crippen LogP contribution in [0.3, 0.4) is 0 Å². The molecule has 0 aliphatic carbocycles. The summed E-state index contributed by atoms with van der Waals surface area (Å²) in [5.41, 5.74) is 1.01. The topological polar surface area (TPSA) is 113 Å².